The molecule has 4 aromatic rings. The number of pyridine rings is 1. The van der Waals surface area contributed by atoms with E-state index in [0.717, 1.165) is 36.8 Å². The van der Waals surface area contributed by atoms with Crippen molar-refractivity contribution in [1.82, 2.24) is 29.2 Å². The van der Waals surface area contributed by atoms with Gasteiger partial charge in [0.2, 0.25) is 21.9 Å². The third-order valence-corrected chi connectivity index (χ3v) is 9.04. The number of halogens is 1. The molecule has 7 rings (SSSR count). The molecule has 1 aromatic carbocycles. The number of sulfonamides is 1. The zero-order chi connectivity index (χ0) is 29.3. The van der Waals surface area contributed by atoms with Crippen molar-refractivity contribution in [1.29, 1.82) is 0 Å². The predicted molar refractivity (Wildman–Crippen MR) is 152 cm³/mol. The third kappa shape index (κ3) is 4.83. The summed E-state index contributed by atoms with van der Waals surface area (Å²) in [7, 11) is -3.67. The molecule has 0 spiro atoms. The highest BCUT2D eigenvalue weighted by Crippen LogP contribution is 2.47. The molecule has 0 radical (unpaired) electrons. The maximum Gasteiger partial charge on any atom is 0.273 e. The van der Waals surface area contributed by atoms with Crippen LogP contribution in [0.5, 0.6) is 0 Å². The van der Waals surface area contributed by atoms with Gasteiger partial charge in [0.15, 0.2) is 5.65 Å². The normalized spacial score (nSPS) is 21.7. The summed E-state index contributed by atoms with van der Waals surface area (Å²) in [6, 6.07) is 14.8. The number of hydrogen-bond acceptors (Lipinski definition) is 7. The number of amides is 2. The largest absolute Gasteiger partial charge is 0.330 e. The Balaban J connectivity index is 1.17. The van der Waals surface area contributed by atoms with Crippen LogP contribution in [0.25, 0.3) is 16.9 Å². The number of rotatable bonds is 6. The summed E-state index contributed by atoms with van der Waals surface area (Å²) >= 11 is 0. The maximum atomic E-state index is 15.3. The molecule has 2 fully saturated rings. The minimum absolute atomic E-state index is 0.0764. The smallest absolute Gasteiger partial charge is 0.273 e. The number of benzene rings is 1. The highest BCUT2D eigenvalue weighted by molar-refractivity contribution is 7.89. The Morgan fingerprint density at radius 1 is 1.07 bits per heavy atom. The number of fused-ring (bicyclic) bond motifs is 2. The van der Waals surface area contributed by atoms with E-state index in [1.165, 1.54) is 5.56 Å². The molecule has 42 heavy (non-hydrogen) atoms. The molecular weight excluding hydrogens is 559 g/mol. The lowest BCUT2D eigenvalue weighted by atomic mass is 9.93. The molecular formula is C30H29FN6O4S. The molecule has 1 N–H and O–H groups in total. The maximum absolute atomic E-state index is 15.3. The number of aromatic nitrogens is 4. The van der Waals surface area contributed by atoms with Crippen LogP contribution in [0, 0.1) is 11.9 Å². The molecule has 2 unspecified atom stereocenters. The lowest BCUT2D eigenvalue weighted by Crippen LogP contribution is -2.39. The van der Waals surface area contributed by atoms with E-state index >= 15 is 4.39 Å². The second kappa shape index (κ2) is 9.69. The van der Waals surface area contributed by atoms with Gasteiger partial charge >= 0.3 is 0 Å². The number of nitrogens with one attached hydrogen (secondary N) is 1. The monoisotopic (exact) mass is 588 g/mol. The molecule has 3 aromatic heterocycles. The summed E-state index contributed by atoms with van der Waals surface area (Å²) in [5.74, 6) is -2.15. The van der Waals surface area contributed by atoms with Gasteiger partial charge in [-0.1, -0.05) is 24.3 Å². The standard InChI is InChI=1S/C30H29FN6O4S/c1-16-19-6-4-3-5-17(19)11-12-36(16)30(39)25-14-26(18-7-8-18)37-27(32-25)15-24(34-37)20-9-10-23(33-28(20)31)21-13-22(21)29(38)35-42(2,40)41/h3-6,9-10,14-16,18,21-22H,7-8,11-13H2,1-2H3,(H,35,38)/t16-,21?,22?/m1/s1. The van der Waals surface area contributed by atoms with Crippen molar-refractivity contribution in [3.05, 3.63) is 82.7 Å². The Hall–Kier alpha value is -4.19. The molecule has 3 aliphatic rings. The topological polar surface area (TPSA) is 127 Å². The fourth-order valence-corrected chi connectivity index (χ4v) is 6.54. The highest BCUT2D eigenvalue weighted by atomic mass is 32.2. The van der Waals surface area contributed by atoms with E-state index in [-0.39, 0.29) is 29.3 Å². The second-order valence-electron chi connectivity index (χ2n) is 11.5. The first kappa shape index (κ1) is 26.7. The molecule has 4 heterocycles. The van der Waals surface area contributed by atoms with Gasteiger partial charge in [0.25, 0.3) is 5.91 Å². The Labute approximate surface area is 242 Å². The number of nitrogens with zero attached hydrogens (tertiary/aromatic N) is 5. The van der Waals surface area contributed by atoms with E-state index in [9.17, 15) is 18.0 Å². The lowest BCUT2D eigenvalue weighted by Gasteiger charge is -2.35. The molecule has 1 aliphatic heterocycles. The van der Waals surface area contributed by atoms with Gasteiger partial charge in [-0.3, -0.25) is 14.3 Å². The minimum atomic E-state index is -3.67. The summed E-state index contributed by atoms with van der Waals surface area (Å²) < 4.78 is 41.7. The van der Waals surface area contributed by atoms with Gasteiger partial charge in [-0.25, -0.2) is 22.9 Å². The fraction of sp³-hybridized carbons (Fsp3) is 0.367. The quantitative estimate of drug-likeness (QED) is 0.340. The highest BCUT2D eigenvalue weighted by Gasteiger charge is 2.46. The van der Waals surface area contributed by atoms with E-state index in [1.807, 2.05) is 34.7 Å². The Kier molecular flexibility index (Phi) is 6.16. The molecule has 2 aliphatic carbocycles. The van der Waals surface area contributed by atoms with Crippen LogP contribution in [0.15, 0.2) is 48.5 Å². The van der Waals surface area contributed by atoms with Crippen molar-refractivity contribution < 1.29 is 22.4 Å². The first-order chi connectivity index (χ1) is 20.1. The van der Waals surface area contributed by atoms with Crippen LogP contribution < -0.4 is 4.72 Å². The third-order valence-electron chi connectivity index (χ3n) is 8.46. The Bertz CT molecular complexity index is 1890. The zero-order valence-electron chi connectivity index (χ0n) is 23.1. The minimum Gasteiger partial charge on any atom is -0.330 e. The summed E-state index contributed by atoms with van der Waals surface area (Å²) in [6.45, 7) is 2.64. The first-order valence-electron chi connectivity index (χ1n) is 14.1. The second-order valence-corrected chi connectivity index (χ2v) is 13.3. The summed E-state index contributed by atoms with van der Waals surface area (Å²) in [5, 5.41) is 4.65. The molecule has 12 heteroatoms. The Morgan fingerprint density at radius 3 is 2.60 bits per heavy atom. The molecule has 216 valence electrons. The zero-order valence-corrected chi connectivity index (χ0v) is 23.9. The van der Waals surface area contributed by atoms with E-state index < -0.39 is 27.8 Å². The van der Waals surface area contributed by atoms with Gasteiger partial charge in [0.05, 0.1) is 23.6 Å². The fourth-order valence-electron chi connectivity index (χ4n) is 6.02. The van der Waals surface area contributed by atoms with Crippen LogP contribution in [0.2, 0.25) is 0 Å². The van der Waals surface area contributed by atoms with Gasteiger partial charge in [-0.15, -0.1) is 0 Å². The van der Waals surface area contributed by atoms with Gasteiger partial charge in [0, 0.05) is 41.8 Å². The van der Waals surface area contributed by atoms with Crippen molar-refractivity contribution in [3.8, 4) is 11.3 Å². The average Bonchev–Trinajstić information content (AvgIpc) is 3.88. The van der Waals surface area contributed by atoms with Crippen LogP contribution in [0.4, 0.5) is 4.39 Å². The van der Waals surface area contributed by atoms with Crippen molar-refractivity contribution in [2.24, 2.45) is 5.92 Å². The summed E-state index contributed by atoms with van der Waals surface area (Å²) in [6.07, 6.45) is 4.06. The van der Waals surface area contributed by atoms with E-state index in [2.05, 4.69) is 27.2 Å². The molecule has 10 nitrogen and oxygen atoms in total. The van der Waals surface area contributed by atoms with Crippen LogP contribution in [-0.2, 0) is 21.2 Å². The SMILES string of the molecule is C[C@@H]1c2ccccc2CCN1C(=O)c1cc(C2CC2)n2nc(-c3ccc(C4CC4C(=O)NS(C)(=O)=O)nc3F)cc2n1. The van der Waals surface area contributed by atoms with Gasteiger partial charge < -0.3 is 4.90 Å². The van der Waals surface area contributed by atoms with Gasteiger partial charge in [-0.05, 0) is 61.9 Å². The molecule has 3 atom stereocenters. The Morgan fingerprint density at radius 2 is 1.86 bits per heavy atom. The number of carbonyl (C=O) groups is 2. The molecule has 0 saturated heterocycles. The predicted octanol–water partition coefficient (Wildman–Crippen LogP) is 3.75. The number of hydrogen-bond donors (Lipinski definition) is 1. The van der Waals surface area contributed by atoms with Crippen molar-refractivity contribution in [3.63, 3.8) is 0 Å². The molecule has 2 amide bonds. The van der Waals surface area contributed by atoms with E-state index in [4.69, 9.17) is 0 Å². The average molecular weight is 589 g/mol. The van der Waals surface area contributed by atoms with Crippen molar-refractivity contribution in [2.45, 2.75) is 50.5 Å². The molecule has 0 bridgehead atoms. The number of carbonyl (C=O) groups excluding carboxylic acids is 2. The van der Waals surface area contributed by atoms with Crippen LogP contribution in [0.3, 0.4) is 0 Å². The van der Waals surface area contributed by atoms with Crippen molar-refractivity contribution in [2.75, 3.05) is 12.8 Å². The van der Waals surface area contributed by atoms with Gasteiger partial charge in [0.1, 0.15) is 5.69 Å². The van der Waals surface area contributed by atoms with E-state index in [1.54, 1.807) is 22.7 Å². The van der Waals surface area contributed by atoms with Crippen molar-refractivity contribution >= 4 is 27.5 Å². The summed E-state index contributed by atoms with van der Waals surface area (Å²) in [5.41, 5.74) is 5.00. The van der Waals surface area contributed by atoms with Gasteiger partial charge in [-0.2, -0.15) is 9.49 Å². The van der Waals surface area contributed by atoms with Crippen LogP contribution >= 0.6 is 0 Å². The summed E-state index contributed by atoms with van der Waals surface area (Å²) in [4.78, 5) is 36.5. The lowest BCUT2D eigenvalue weighted by molar-refractivity contribution is -0.120. The van der Waals surface area contributed by atoms with Crippen LogP contribution in [-0.4, -0.2) is 57.5 Å². The molecule has 2 saturated carbocycles. The first-order valence-corrected chi connectivity index (χ1v) is 15.9. The van der Waals surface area contributed by atoms with Crippen LogP contribution in [0.1, 0.15) is 77.1 Å². The van der Waals surface area contributed by atoms with E-state index in [0.29, 0.717) is 35.7 Å².